The second-order valence-electron chi connectivity index (χ2n) is 8.73. The molecule has 1 saturated heterocycles. The van der Waals surface area contributed by atoms with Gasteiger partial charge in [0.1, 0.15) is 23.1 Å². The number of fused-ring (bicyclic) bond motifs is 1. The highest BCUT2D eigenvalue weighted by molar-refractivity contribution is 7.92. The number of methoxy groups -OCH3 is 2. The summed E-state index contributed by atoms with van der Waals surface area (Å²) in [6, 6.07) is 4.76. The lowest BCUT2D eigenvalue weighted by atomic mass is 9.97. The molecule has 0 saturated carbocycles. The van der Waals surface area contributed by atoms with Gasteiger partial charge in [0.15, 0.2) is 5.78 Å². The van der Waals surface area contributed by atoms with Crippen LogP contribution in [0.3, 0.4) is 0 Å². The van der Waals surface area contributed by atoms with Crippen LogP contribution in [-0.4, -0.2) is 63.9 Å². The van der Waals surface area contributed by atoms with E-state index in [1.165, 1.54) is 20.3 Å². The maximum absolute atomic E-state index is 12.2. The highest BCUT2D eigenvalue weighted by atomic mass is 35.5. The molecule has 2 N–H and O–H groups in total. The first kappa shape index (κ1) is 27.9. The predicted octanol–water partition coefficient (Wildman–Crippen LogP) is 4.56. The number of nitrogens with one attached hydrogen (secondary N) is 2. The highest BCUT2D eigenvalue weighted by Crippen LogP contribution is 2.46. The van der Waals surface area contributed by atoms with E-state index in [0.29, 0.717) is 53.3 Å². The molecule has 0 spiro atoms. The predicted molar refractivity (Wildman–Crippen MR) is 148 cm³/mol. The fraction of sp³-hybridized carbons (Fsp3) is 0.320. The van der Waals surface area contributed by atoms with Crippen molar-refractivity contribution in [3.63, 3.8) is 0 Å². The van der Waals surface area contributed by atoms with Gasteiger partial charge < -0.3 is 19.5 Å². The van der Waals surface area contributed by atoms with Crippen molar-refractivity contribution in [1.29, 1.82) is 0 Å². The second kappa shape index (κ2) is 11.3. The summed E-state index contributed by atoms with van der Waals surface area (Å²) in [6.07, 6.45) is 4.20. The van der Waals surface area contributed by atoms with Gasteiger partial charge in [-0.15, -0.1) is 0 Å². The third-order valence-electron chi connectivity index (χ3n) is 6.05. The lowest BCUT2D eigenvalue weighted by Crippen LogP contribution is -2.29. The number of benzene rings is 1. The first-order valence-corrected chi connectivity index (χ1v) is 14.1. The van der Waals surface area contributed by atoms with Crippen molar-refractivity contribution >= 4 is 61.4 Å². The maximum Gasteiger partial charge on any atom is 0.230 e. The number of pyridine rings is 2. The summed E-state index contributed by atoms with van der Waals surface area (Å²) in [6.45, 7) is 4.36. The van der Waals surface area contributed by atoms with Gasteiger partial charge in [-0.1, -0.05) is 29.8 Å². The molecule has 4 rings (SSSR count). The van der Waals surface area contributed by atoms with Crippen molar-refractivity contribution in [1.82, 2.24) is 9.97 Å². The van der Waals surface area contributed by atoms with Gasteiger partial charge >= 0.3 is 0 Å². The largest absolute Gasteiger partial charge is 0.495 e. The summed E-state index contributed by atoms with van der Waals surface area (Å²) in [5, 5.41) is 4.71. The van der Waals surface area contributed by atoms with Gasteiger partial charge in [0.2, 0.25) is 10.0 Å². The number of ether oxygens (including phenoxy) is 3. The molecule has 0 bridgehead atoms. The number of hydrogen-bond acceptors (Lipinski definition) is 9. The maximum atomic E-state index is 12.2. The Morgan fingerprint density at radius 1 is 1.18 bits per heavy atom. The van der Waals surface area contributed by atoms with Crippen molar-refractivity contribution < 1.29 is 27.4 Å². The average molecular weight is 581 g/mol. The summed E-state index contributed by atoms with van der Waals surface area (Å²) in [7, 11) is -0.804. The number of aromatic nitrogens is 2. The number of hydrogen-bond donors (Lipinski definition) is 2. The zero-order valence-electron chi connectivity index (χ0n) is 20.9. The average Bonchev–Trinajstić information content (AvgIpc) is 3.29. The van der Waals surface area contributed by atoms with Crippen LogP contribution >= 0.6 is 23.2 Å². The van der Waals surface area contributed by atoms with E-state index in [1.54, 1.807) is 24.4 Å². The van der Waals surface area contributed by atoms with Crippen LogP contribution in [0.15, 0.2) is 37.1 Å². The van der Waals surface area contributed by atoms with Crippen molar-refractivity contribution in [2.45, 2.75) is 12.5 Å². The second-order valence-corrected chi connectivity index (χ2v) is 11.2. The fourth-order valence-corrected chi connectivity index (χ4v) is 5.41. The van der Waals surface area contributed by atoms with E-state index in [-0.39, 0.29) is 39.3 Å². The zero-order chi connectivity index (χ0) is 27.6. The minimum Gasteiger partial charge on any atom is -0.495 e. The Kier molecular flexibility index (Phi) is 8.31. The van der Waals surface area contributed by atoms with Gasteiger partial charge in [0.25, 0.3) is 0 Å². The van der Waals surface area contributed by atoms with Crippen molar-refractivity contribution in [3.05, 3.63) is 47.1 Å². The van der Waals surface area contributed by atoms with Crippen LogP contribution in [0.4, 0.5) is 11.6 Å². The van der Waals surface area contributed by atoms with E-state index in [0.717, 1.165) is 6.26 Å². The van der Waals surface area contributed by atoms with E-state index >= 15 is 0 Å². The molecule has 0 radical (unpaired) electrons. The minimum absolute atomic E-state index is 0.0560. The third kappa shape index (κ3) is 5.96. The zero-order valence-corrected chi connectivity index (χ0v) is 23.2. The number of ketones is 1. The Labute approximate surface area is 230 Å². The first-order valence-electron chi connectivity index (χ1n) is 11.4. The topological polar surface area (TPSA) is 129 Å². The molecule has 3 aromatic rings. The Hall–Kier alpha value is -3.12. The lowest BCUT2D eigenvalue weighted by molar-refractivity contribution is -0.115. The molecule has 13 heteroatoms. The SMILES string of the molecule is C=CC(=O)C[C@H]1COC[C@H]1Nc1cc2c(NS(C)(=O)=O)nc(-c3c(Cl)c(OC)cc(OC)c3Cl)cc2cn1. The third-order valence-corrected chi connectivity index (χ3v) is 7.36. The number of carbonyl (C=O) groups excluding carboxylic acids is 1. The monoisotopic (exact) mass is 580 g/mol. The van der Waals surface area contributed by atoms with Crippen LogP contribution in [0.1, 0.15) is 6.42 Å². The molecule has 0 aliphatic carbocycles. The Balaban J connectivity index is 1.81. The number of sulfonamides is 1. The minimum atomic E-state index is -3.71. The Morgan fingerprint density at radius 3 is 2.47 bits per heavy atom. The normalized spacial score (nSPS) is 17.3. The smallest absolute Gasteiger partial charge is 0.230 e. The number of allylic oxidation sites excluding steroid dienone is 1. The van der Waals surface area contributed by atoms with E-state index in [9.17, 15) is 13.2 Å². The molecule has 1 aromatic carbocycles. The fourth-order valence-electron chi connectivity index (χ4n) is 4.21. The molecule has 0 amide bonds. The standard InChI is InChI=1S/C25H26Cl2N4O6S/c1-5-15(32)6-14-11-37-12-18(14)29-21-8-16-13(10-28-21)7-17(30-25(16)31-38(4,33)34)22-23(26)19(35-2)9-20(36-3)24(22)27/h5,7-10,14,18H,1,6,11-12H2,2-4H3,(H,28,29)(H,30,31)/t14-,18+/m0/s1. The first-order chi connectivity index (χ1) is 18.0. The molecule has 2 aromatic heterocycles. The molecule has 0 unspecified atom stereocenters. The number of rotatable bonds is 10. The molecular formula is C25H26Cl2N4O6S. The van der Waals surface area contributed by atoms with E-state index in [4.69, 9.17) is 37.4 Å². The molecule has 10 nitrogen and oxygen atoms in total. The van der Waals surface area contributed by atoms with Crippen molar-refractivity contribution in [2.75, 3.05) is 43.7 Å². The number of nitrogens with zero attached hydrogens (tertiary/aromatic N) is 2. The Bertz CT molecular complexity index is 1490. The molecule has 1 aliphatic heterocycles. The quantitative estimate of drug-likeness (QED) is 0.331. The van der Waals surface area contributed by atoms with Gasteiger partial charge in [-0.3, -0.25) is 9.52 Å². The van der Waals surface area contributed by atoms with E-state index in [1.807, 2.05) is 0 Å². The lowest BCUT2D eigenvalue weighted by Gasteiger charge is -2.19. The summed E-state index contributed by atoms with van der Waals surface area (Å²) >= 11 is 13.2. The van der Waals surface area contributed by atoms with Gasteiger partial charge in [-0.2, -0.15) is 0 Å². The van der Waals surface area contributed by atoms with Crippen LogP contribution in [0.5, 0.6) is 11.5 Å². The molecule has 202 valence electrons. The highest BCUT2D eigenvalue weighted by Gasteiger charge is 2.30. The summed E-state index contributed by atoms with van der Waals surface area (Å²) < 4.78 is 43.2. The molecule has 3 heterocycles. The Morgan fingerprint density at radius 2 is 1.87 bits per heavy atom. The van der Waals surface area contributed by atoms with Gasteiger partial charge in [-0.25, -0.2) is 18.4 Å². The van der Waals surface area contributed by atoms with Crippen molar-refractivity contribution in [3.8, 4) is 22.8 Å². The van der Waals surface area contributed by atoms with Gasteiger partial charge in [-0.05, 0) is 18.2 Å². The number of carbonyl (C=O) groups is 1. The molecular weight excluding hydrogens is 555 g/mol. The van der Waals surface area contributed by atoms with Crippen LogP contribution in [0, 0.1) is 5.92 Å². The van der Waals surface area contributed by atoms with Crippen molar-refractivity contribution in [2.24, 2.45) is 5.92 Å². The van der Waals surface area contributed by atoms with Crippen LogP contribution in [-0.2, 0) is 19.6 Å². The van der Waals surface area contributed by atoms with E-state index in [2.05, 4.69) is 26.6 Å². The summed E-state index contributed by atoms with van der Waals surface area (Å²) in [5.41, 5.74) is 0.591. The van der Waals surface area contributed by atoms with Crippen LogP contribution in [0.25, 0.3) is 22.0 Å². The van der Waals surface area contributed by atoms with Crippen LogP contribution in [0.2, 0.25) is 10.0 Å². The van der Waals surface area contributed by atoms with Gasteiger partial charge in [0.05, 0.1) is 55.5 Å². The molecule has 1 fully saturated rings. The molecule has 1 aliphatic rings. The molecule has 38 heavy (non-hydrogen) atoms. The molecule has 2 atom stereocenters. The van der Waals surface area contributed by atoms with Crippen LogP contribution < -0.4 is 19.5 Å². The number of anilines is 2. The van der Waals surface area contributed by atoms with E-state index < -0.39 is 10.0 Å². The summed E-state index contributed by atoms with van der Waals surface area (Å²) in [4.78, 5) is 20.9. The summed E-state index contributed by atoms with van der Waals surface area (Å²) in [5.74, 6) is 1.02. The number of halogens is 2. The van der Waals surface area contributed by atoms with Gasteiger partial charge in [0, 0.05) is 40.9 Å².